The molecule has 0 aromatic carbocycles. The van der Waals surface area contributed by atoms with Gasteiger partial charge in [0.15, 0.2) is 0 Å². The summed E-state index contributed by atoms with van der Waals surface area (Å²) in [6, 6.07) is 1.94. The van der Waals surface area contributed by atoms with Gasteiger partial charge in [-0.3, -0.25) is 0 Å². The molecule has 0 unspecified atom stereocenters. The van der Waals surface area contributed by atoms with Gasteiger partial charge in [0.25, 0.3) is 0 Å². The molecule has 5 heteroatoms. The summed E-state index contributed by atoms with van der Waals surface area (Å²) in [5, 5.41) is 2.97. The van der Waals surface area contributed by atoms with E-state index < -0.39 is 0 Å². The number of furan rings is 1. The molecule has 0 bridgehead atoms. The highest BCUT2D eigenvalue weighted by Crippen LogP contribution is 2.17. The zero-order valence-electron chi connectivity index (χ0n) is 12.7. The van der Waals surface area contributed by atoms with E-state index in [1.807, 2.05) is 17.9 Å². The number of nitrogens with zero attached hydrogens (tertiary/aromatic N) is 2. The predicted molar refractivity (Wildman–Crippen MR) is 78.5 cm³/mol. The van der Waals surface area contributed by atoms with Gasteiger partial charge in [0.2, 0.25) is 0 Å². The fourth-order valence-electron chi connectivity index (χ4n) is 2.61. The minimum atomic E-state index is 0.0345. The first kappa shape index (κ1) is 14.9. The Morgan fingerprint density at radius 3 is 3.05 bits per heavy atom. The van der Waals surface area contributed by atoms with Gasteiger partial charge in [0.05, 0.1) is 6.26 Å². The van der Waals surface area contributed by atoms with Crippen molar-refractivity contribution in [1.82, 2.24) is 15.1 Å². The quantitative estimate of drug-likeness (QED) is 0.897. The van der Waals surface area contributed by atoms with E-state index in [0.717, 1.165) is 43.9 Å². The van der Waals surface area contributed by atoms with Crippen molar-refractivity contribution >= 4 is 6.03 Å². The highest BCUT2D eigenvalue weighted by molar-refractivity contribution is 5.74. The number of urea groups is 1. The molecule has 1 aromatic heterocycles. The molecule has 5 nitrogen and oxygen atoms in total. The van der Waals surface area contributed by atoms with Crippen molar-refractivity contribution in [2.45, 2.75) is 26.8 Å². The van der Waals surface area contributed by atoms with Crippen molar-refractivity contribution < 1.29 is 9.21 Å². The van der Waals surface area contributed by atoms with Crippen LogP contribution in [0.5, 0.6) is 0 Å². The molecule has 112 valence electrons. The lowest BCUT2D eigenvalue weighted by molar-refractivity contribution is 0.204. The van der Waals surface area contributed by atoms with Crippen LogP contribution in [0, 0.1) is 12.8 Å². The molecule has 1 fully saturated rings. The van der Waals surface area contributed by atoms with Crippen LogP contribution in [0.3, 0.4) is 0 Å². The number of carbonyl (C=O) groups is 1. The Hall–Kier alpha value is -1.49. The summed E-state index contributed by atoms with van der Waals surface area (Å²) in [5.41, 5.74) is 1.04. The monoisotopic (exact) mass is 279 g/mol. The normalized spacial score (nSPS) is 18.8. The summed E-state index contributed by atoms with van der Waals surface area (Å²) in [6.07, 6.45) is 2.76. The van der Waals surface area contributed by atoms with Gasteiger partial charge in [-0.25, -0.2) is 4.79 Å². The second-order valence-corrected chi connectivity index (χ2v) is 5.62. The molecule has 1 atom stereocenters. The third-order valence-corrected chi connectivity index (χ3v) is 4.08. The van der Waals surface area contributed by atoms with Crippen molar-refractivity contribution in [3.63, 3.8) is 0 Å². The minimum absolute atomic E-state index is 0.0345. The molecule has 2 heterocycles. The van der Waals surface area contributed by atoms with Crippen LogP contribution in [0.15, 0.2) is 16.7 Å². The average Bonchev–Trinajstić information content (AvgIpc) is 3.05. The Kier molecular flexibility index (Phi) is 5.06. The lowest BCUT2D eigenvalue weighted by Gasteiger charge is -2.20. The van der Waals surface area contributed by atoms with Gasteiger partial charge in [-0.05, 0) is 38.9 Å². The maximum absolute atomic E-state index is 12.1. The maximum Gasteiger partial charge on any atom is 0.317 e. The number of amides is 2. The third-order valence-electron chi connectivity index (χ3n) is 4.08. The van der Waals surface area contributed by atoms with Gasteiger partial charge in [-0.2, -0.15) is 0 Å². The number of rotatable bonds is 5. The van der Waals surface area contributed by atoms with Crippen LogP contribution in [0.4, 0.5) is 4.79 Å². The summed E-state index contributed by atoms with van der Waals surface area (Å²) in [4.78, 5) is 16.3. The van der Waals surface area contributed by atoms with Crippen LogP contribution < -0.4 is 5.32 Å². The molecular weight excluding hydrogens is 254 g/mol. The molecule has 0 radical (unpaired) electrons. The van der Waals surface area contributed by atoms with Gasteiger partial charge >= 0.3 is 6.03 Å². The largest absolute Gasteiger partial charge is 0.469 e. The Labute approximate surface area is 120 Å². The molecule has 1 aliphatic heterocycles. The first-order valence-electron chi connectivity index (χ1n) is 7.34. The lowest BCUT2D eigenvalue weighted by Crippen LogP contribution is -2.38. The van der Waals surface area contributed by atoms with Gasteiger partial charge in [-0.1, -0.05) is 6.92 Å². The second-order valence-electron chi connectivity index (χ2n) is 5.62. The van der Waals surface area contributed by atoms with Gasteiger partial charge in [0.1, 0.15) is 5.76 Å². The van der Waals surface area contributed by atoms with Crippen LogP contribution in [0.25, 0.3) is 0 Å². The standard InChI is InChI=1S/C15H25N3O2/c1-4-17(3)10-13-5-7-18(11-13)15(19)16-9-14-6-8-20-12(14)2/h6,8,13H,4-5,7,9-11H2,1-3H3,(H,16,19)/t13-/m0/s1. The van der Waals surface area contributed by atoms with Crippen molar-refractivity contribution in [2.24, 2.45) is 5.92 Å². The van der Waals surface area contributed by atoms with Crippen LogP contribution >= 0.6 is 0 Å². The molecule has 1 N–H and O–H groups in total. The highest BCUT2D eigenvalue weighted by Gasteiger charge is 2.26. The summed E-state index contributed by atoms with van der Waals surface area (Å²) in [7, 11) is 2.13. The number of aryl methyl sites for hydroxylation is 1. The molecular formula is C15H25N3O2. The van der Waals surface area contributed by atoms with E-state index in [9.17, 15) is 4.79 Å². The van der Waals surface area contributed by atoms with Crippen LogP contribution in [-0.4, -0.2) is 49.1 Å². The Balaban J connectivity index is 1.75. The molecule has 1 saturated heterocycles. The first-order chi connectivity index (χ1) is 9.60. The zero-order valence-corrected chi connectivity index (χ0v) is 12.7. The maximum atomic E-state index is 12.1. The summed E-state index contributed by atoms with van der Waals surface area (Å²) < 4.78 is 5.22. The third kappa shape index (κ3) is 3.76. The van der Waals surface area contributed by atoms with E-state index in [1.165, 1.54) is 0 Å². The smallest absolute Gasteiger partial charge is 0.317 e. The topological polar surface area (TPSA) is 48.7 Å². The number of hydrogen-bond donors (Lipinski definition) is 1. The second kappa shape index (κ2) is 6.79. The summed E-state index contributed by atoms with van der Waals surface area (Å²) >= 11 is 0. The summed E-state index contributed by atoms with van der Waals surface area (Å²) in [5.74, 6) is 1.47. The Morgan fingerprint density at radius 1 is 1.60 bits per heavy atom. The van der Waals surface area contributed by atoms with E-state index in [4.69, 9.17) is 4.42 Å². The molecule has 1 aliphatic rings. The molecule has 20 heavy (non-hydrogen) atoms. The van der Waals surface area contributed by atoms with E-state index >= 15 is 0 Å². The van der Waals surface area contributed by atoms with Gasteiger partial charge < -0.3 is 19.5 Å². The SMILES string of the molecule is CCN(C)C[C@@H]1CCN(C(=O)NCc2ccoc2C)C1. The number of carbonyl (C=O) groups excluding carboxylic acids is 1. The zero-order chi connectivity index (χ0) is 14.5. The number of likely N-dealkylation sites (tertiary alicyclic amines) is 1. The molecule has 2 rings (SSSR count). The van der Waals surface area contributed by atoms with Gasteiger partial charge in [0, 0.05) is 31.7 Å². The fraction of sp³-hybridized carbons (Fsp3) is 0.667. The van der Waals surface area contributed by atoms with E-state index in [1.54, 1.807) is 6.26 Å². The summed E-state index contributed by atoms with van der Waals surface area (Å²) in [6.45, 7) is 8.46. The lowest BCUT2D eigenvalue weighted by atomic mass is 10.1. The van der Waals surface area contributed by atoms with Crippen molar-refractivity contribution in [3.8, 4) is 0 Å². The van der Waals surface area contributed by atoms with E-state index in [2.05, 4.69) is 24.2 Å². The van der Waals surface area contributed by atoms with Crippen LogP contribution in [-0.2, 0) is 6.54 Å². The van der Waals surface area contributed by atoms with Gasteiger partial charge in [-0.15, -0.1) is 0 Å². The first-order valence-corrected chi connectivity index (χ1v) is 7.34. The molecule has 0 spiro atoms. The van der Waals surface area contributed by atoms with Crippen molar-refractivity contribution in [2.75, 3.05) is 33.2 Å². The average molecular weight is 279 g/mol. The van der Waals surface area contributed by atoms with Crippen LogP contribution in [0.1, 0.15) is 24.7 Å². The van der Waals surface area contributed by atoms with Crippen LogP contribution in [0.2, 0.25) is 0 Å². The molecule has 0 aliphatic carbocycles. The Morgan fingerprint density at radius 2 is 2.40 bits per heavy atom. The fourth-order valence-corrected chi connectivity index (χ4v) is 2.61. The minimum Gasteiger partial charge on any atom is -0.469 e. The number of hydrogen-bond acceptors (Lipinski definition) is 3. The van der Waals surface area contributed by atoms with E-state index in [0.29, 0.717) is 12.5 Å². The molecule has 1 aromatic rings. The predicted octanol–water partition coefficient (Wildman–Crippen LogP) is 2.07. The van der Waals surface area contributed by atoms with Crippen molar-refractivity contribution in [1.29, 1.82) is 0 Å². The Bertz CT molecular complexity index is 444. The van der Waals surface area contributed by atoms with Crippen molar-refractivity contribution in [3.05, 3.63) is 23.7 Å². The van der Waals surface area contributed by atoms with E-state index in [-0.39, 0.29) is 6.03 Å². The highest BCUT2D eigenvalue weighted by atomic mass is 16.3. The molecule has 2 amide bonds. The number of nitrogens with one attached hydrogen (secondary N) is 1. The molecule has 0 saturated carbocycles.